The molecule has 4 rings (SSSR count). The van der Waals surface area contributed by atoms with Crippen LogP contribution in [0.25, 0.3) is 22.2 Å². The number of hydrogen-bond acceptors (Lipinski definition) is 4. The van der Waals surface area contributed by atoms with Crippen molar-refractivity contribution in [3.63, 3.8) is 0 Å². The molecule has 0 fully saturated rings. The number of hydrazone groups is 1. The molecule has 0 radical (unpaired) electrons. The van der Waals surface area contributed by atoms with Crippen LogP contribution in [-0.2, 0) is 0 Å². The molecule has 30 heavy (non-hydrogen) atoms. The number of carbonyl (C=O) groups excluding carboxylic acids is 1. The van der Waals surface area contributed by atoms with Gasteiger partial charge in [-0.1, -0.05) is 56.3 Å². The summed E-state index contributed by atoms with van der Waals surface area (Å²) in [5.41, 5.74) is 7.78. The summed E-state index contributed by atoms with van der Waals surface area (Å²) in [6, 6.07) is 21.4. The van der Waals surface area contributed by atoms with E-state index in [0.29, 0.717) is 11.5 Å². The highest BCUT2D eigenvalue weighted by atomic mass is 16.2. The molecule has 0 unspecified atom stereocenters. The SMILES string of the molecule is CC(C)c1ccc(-c2cc(C(=O)NN=Cc3ccncc3)c3ccccc3n2)cc1. The van der Waals surface area contributed by atoms with Crippen molar-refractivity contribution in [1.82, 2.24) is 15.4 Å². The Kier molecular flexibility index (Phi) is 5.61. The van der Waals surface area contributed by atoms with Gasteiger partial charge in [0.05, 0.1) is 23.0 Å². The number of fused-ring (bicyclic) bond motifs is 1. The van der Waals surface area contributed by atoms with E-state index in [0.717, 1.165) is 27.7 Å². The highest BCUT2D eigenvalue weighted by molar-refractivity contribution is 6.07. The molecule has 0 spiro atoms. The number of aromatic nitrogens is 2. The van der Waals surface area contributed by atoms with E-state index in [1.807, 2.05) is 42.5 Å². The number of nitrogens with one attached hydrogen (secondary N) is 1. The Hall–Kier alpha value is -3.86. The largest absolute Gasteiger partial charge is 0.272 e. The molecule has 2 aromatic heterocycles. The van der Waals surface area contributed by atoms with E-state index in [1.165, 1.54) is 5.56 Å². The first-order chi connectivity index (χ1) is 14.6. The predicted octanol–water partition coefficient (Wildman–Crippen LogP) is 5.18. The highest BCUT2D eigenvalue weighted by Gasteiger charge is 2.13. The lowest BCUT2D eigenvalue weighted by atomic mass is 9.99. The second-order valence-electron chi connectivity index (χ2n) is 7.33. The van der Waals surface area contributed by atoms with Gasteiger partial charge >= 0.3 is 0 Å². The molecule has 0 aliphatic heterocycles. The average Bonchev–Trinajstić information content (AvgIpc) is 2.79. The molecule has 0 saturated carbocycles. The normalized spacial score (nSPS) is 11.3. The highest BCUT2D eigenvalue weighted by Crippen LogP contribution is 2.26. The lowest BCUT2D eigenvalue weighted by molar-refractivity contribution is 0.0956. The number of para-hydroxylation sites is 1. The van der Waals surface area contributed by atoms with Gasteiger partial charge in [-0.25, -0.2) is 10.4 Å². The predicted molar refractivity (Wildman–Crippen MR) is 121 cm³/mol. The average molecular weight is 394 g/mol. The zero-order valence-corrected chi connectivity index (χ0v) is 16.9. The van der Waals surface area contributed by atoms with Gasteiger partial charge in [-0.2, -0.15) is 5.10 Å². The molecule has 5 heteroatoms. The number of benzene rings is 2. The number of rotatable bonds is 5. The van der Waals surface area contributed by atoms with Crippen LogP contribution in [0.5, 0.6) is 0 Å². The van der Waals surface area contributed by atoms with Gasteiger partial charge in [0.15, 0.2) is 0 Å². The first kappa shape index (κ1) is 19.5. The summed E-state index contributed by atoms with van der Waals surface area (Å²) in [6.07, 6.45) is 4.95. The Morgan fingerprint density at radius 3 is 2.47 bits per heavy atom. The van der Waals surface area contributed by atoms with E-state index in [9.17, 15) is 4.79 Å². The summed E-state index contributed by atoms with van der Waals surface area (Å²) >= 11 is 0. The van der Waals surface area contributed by atoms with E-state index < -0.39 is 0 Å². The topological polar surface area (TPSA) is 67.2 Å². The maximum absolute atomic E-state index is 12.9. The van der Waals surface area contributed by atoms with Crippen molar-refractivity contribution in [2.75, 3.05) is 0 Å². The van der Waals surface area contributed by atoms with Crippen LogP contribution in [0.15, 0.2) is 84.2 Å². The quantitative estimate of drug-likeness (QED) is 0.374. The molecule has 148 valence electrons. The monoisotopic (exact) mass is 394 g/mol. The minimum Gasteiger partial charge on any atom is -0.267 e. The first-order valence-electron chi connectivity index (χ1n) is 9.85. The second-order valence-corrected chi connectivity index (χ2v) is 7.33. The molecule has 1 amide bonds. The van der Waals surface area contributed by atoms with Crippen molar-refractivity contribution in [1.29, 1.82) is 0 Å². The van der Waals surface area contributed by atoms with E-state index >= 15 is 0 Å². The molecule has 5 nitrogen and oxygen atoms in total. The van der Waals surface area contributed by atoms with Crippen LogP contribution in [0.4, 0.5) is 0 Å². The third-order valence-corrected chi connectivity index (χ3v) is 4.92. The van der Waals surface area contributed by atoms with Crippen LogP contribution in [0, 0.1) is 0 Å². The van der Waals surface area contributed by atoms with Crippen LogP contribution >= 0.6 is 0 Å². The molecule has 2 heterocycles. The van der Waals surface area contributed by atoms with Crippen molar-refractivity contribution in [2.24, 2.45) is 5.10 Å². The van der Waals surface area contributed by atoms with Crippen molar-refractivity contribution in [3.05, 3.63) is 95.8 Å². The summed E-state index contributed by atoms with van der Waals surface area (Å²) < 4.78 is 0. The minimum absolute atomic E-state index is 0.279. The van der Waals surface area contributed by atoms with Crippen LogP contribution in [0.1, 0.15) is 41.3 Å². The van der Waals surface area contributed by atoms with E-state index in [4.69, 9.17) is 4.98 Å². The lowest BCUT2D eigenvalue weighted by Crippen LogP contribution is -2.18. The Bertz CT molecular complexity index is 1200. The van der Waals surface area contributed by atoms with Crippen LogP contribution in [0.2, 0.25) is 0 Å². The molecule has 4 aromatic rings. The zero-order valence-electron chi connectivity index (χ0n) is 16.9. The maximum Gasteiger partial charge on any atom is 0.272 e. The van der Waals surface area contributed by atoms with Crippen molar-refractivity contribution in [2.45, 2.75) is 19.8 Å². The van der Waals surface area contributed by atoms with E-state index in [-0.39, 0.29) is 5.91 Å². The summed E-state index contributed by atoms with van der Waals surface area (Å²) in [4.78, 5) is 21.6. The molecule has 0 atom stereocenters. The third kappa shape index (κ3) is 4.25. The number of amides is 1. The smallest absolute Gasteiger partial charge is 0.267 e. The van der Waals surface area contributed by atoms with Gasteiger partial charge in [-0.3, -0.25) is 9.78 Å². The van der Waals surface area contributed by atoms with Crippen molar-refractivity contribution in [3.8, 4) is 11.3 Å². The second kappa shape index (κ2) is 8.66. The molecule has 1 N–H and O–H groups in total. The number of carbonyl (C=O) groups is 1. The van der Waals surface area contributed by atoms with Gasteiger partial charge in [0, 0.05) is 23.3 Å². The third-order valence-electron chi connectivity index (χ3n) is 4.92. The molecule has 0 aliphatic carbocycles. The van der Waals surface area contributed by atoms with Gasteiger partial charge in [-0.05, 0) is 41.3 Å². The minimum atomic E-state index is -0.279. The number of pyridine rings is 2. The molecular weight excluding hydrogens is 372 g/mol. The van der Waals surface area contributed by atoms with Gasteiger partial charge < -0.3 is 0 Å². The first-order valence-corrected chi connectivity index (χ1v) is 9.85. The zero-order chi connectivity index (χ0) is 20.9. The van der Waals surface area contributed by atoms with E-state index in [2.05, 4.69) is 53.6 Å². The Morgan fingerprint density at radius 1 is 1.00 bits per heavy atom. The van der Waals surface area contributed by atoms with Crippen LogP contribution in [0.3, 0.4) is 0 Å². The van der Waals surface area contributed by atoms with Crippen molar-refractivity contribution >= 4 is 23.0 Å². The Labute approximate surface area is 175 Å². The maximum atomic E-state index is 12.9. The Morgan fingerprint density at radius 2 is 1.73 bits per heavy atom. The lowest BCUT2D eigenvalue weighted by Gasteiger charge is -2.10. The number of hydrogen-bond donors (Lipinski definition) is 1. The molecule has 2 aromatic carbocycles. The summed E-state index contributed by atoms with van der Waals surface area (Å²) in [5.74, 6) is 0.183. The summed E-state index contributed by atoms with van der Waals surface area (Å²) in [7, 11) is 0. The fourth-order valence-corrected chi connectivity index (χ4v) is 3.23. The van der Waals surface area contributed by atoms with Gasteiger partial charge in [0.25, 0.3) is 5.91 Å². The summed E-state index contributed by atoms with van der Waals surface area (Å²) in [5, 5.41) is 4.87. The van der Waals surface area contributed by atoms with Gasteiger partial charge in [0.2, 0.25) is 0 Å². The molecule has 0 bridgehead atoms. The summed E-state index contributed by atoms with van der Waals surface area (Å²) in [6.45, 7) is 4.33. The van der Waals surface area contributed by atoms with E-state index in [1.54, 1.807) is 18.6 Å². The molecular formula is C25H22N4O. The Balaban J connectivity index is 1.68. The van der Waals surface area contributed by atoms with Crippen LogP contribution in [-0.4, -0.2) is 22.1 Å². The fourth-order valence-electron chi connectivity index (χ4n) is 3.23. The standard InChI is InChI=1S/C25H22N4O/c1-17(2)19-7-9-20(10-8-19)24-15-22(21-5-3-4-6-23(21)28-24)25(30)29-27-16-18-11-13-26-14-12-18/h3-17H,1-2H3,(H,29,30). The molecule has 0 saturated heterocycles. The molecule has 0 aliphatic rings. The van der Waals surface area contributed by atoms with Crippen molar-refractivity contribution < 1.29 is 4.79 Å². The van der Waals surface area contributed by atoms with Gasteiger partial charge in [0.1, 0.15) is 0 Å². The number of nitrogens with zero attached hydrogens (tertiary/aromatic N) is 3. The van der Waals surface area contributed by atoms with Crippen LogP contribution < -0.4 is 5.43 Å². The van der Waals surface area contributed by atoms with Gasteiger partial charge in [-0.15, -0.1) is 0 Å². The fraction of sp³-hybridized carbons (Fsp3) is 0.120.